The first-order valence-electron chi connectivity index (χ1n) is 7.55. The maximum absolute atomic E-state index is 3.44. The van der Waals surface area contributed by atoms with E-state index in [1.165, 1.54) is 30.8 Å². The van der Waals surface area contributed by atoms with Crippen LogP contribution >= 0.6 is 0 Å². The number of hydrogen-bond acceptors (Lipinski definition) is 2. The van der Waals surface area contributed by atoms with Gasteiger partial charge in [-0.2, -0.15) is 0 Å². The summed E-state index contributed by atoms with van der Waals surface area (Å²) in [7, 11) is 0. The molecule has 106 valence electrons. The Balaban J connectivity index is 1.83. The third-order valence-corrected chi connectivity index (χ3v) is 4.16. The normalized spacial score (nSPS) is 16.5. The van der Waals surface area contributed by atoms with Crippen LogP contribution in [0.2, 0.25) is 0 Å². The van der Waals surface area contributed by atoms with E-state index in [0.29, 0.717) is 5.41 Å². The molecule has 0 radical (unpaired) electrons. The van der Waals surface area contributed by atoms with Gasteiger partial charge in [0.2, 0.25) is 0 Å². The lowest BCUT2D eigenvalue weighted by molar-refractivity contribution is 0.195. The zero-order valence-corrected chi connectivity index (χ0v) is 12.9. The predicted molar refractivity (Wildman–Crippen MR) is 83.6 cm³/mol. The first-order valence-corrected chi connectivity index (χ1v) is 7.55. The maximum Gasteiger partial charge on any atom is 0.0366 e. The minimum absolute atomic E-state index is 0.445. The van der Waals surface area contributed by atoms with E-state index < -0.39 is 0 Å². The van der Waals surface area contributed by atoms with Crippen LogP contribution in [0.3, 0.4) is 0 Å². The van der Waals surface area contributed by atoms with Crippen LogP contribution < -0.4 is 10.2 Å². The summed E-state index contributed by atoms with van der Waals surface area (Å²) >= 11 is 0. The van der Waals surface area contributed by atoms with Crippen LogP contribution in [0.15, 0.2) is 24.3 Å². The number of nitrogens with one attached hydrogen (secondary N) is 1. The lowest BCUT2D eigenvalue weighted by atomic mass is 9.76. The van der Waals surface area contributed by atoms with E-state index in [0.717, 1.165) is 19.0 Å². The highest BCUT2D eigenvalue weighted by Gasteiger charge is 2.35. The molecule has 1 fully saturated rings. The lowest BCUT2D eigenvalue weighted by Crippen LogP contribution is -2.52. The summed E-state index contributed by atoms with van der Waals surface area (Å²) in [6, 6.07) is 9.04. The number of anilines is 1. The molecule has 1 aliphatic heterocycles. The number of rotatable bonds is 5. The van der Waals surface area contributed by atoms with Gasteiger partial charge in [-0.25, -0.2) is 0 Å². The SMILES string of the molecule is CCCNCc1ccc(N2CC(C(C)(C)C)C2)cc1. The van der Waals surface area contributed by atoms with E-state index in [4.69, 9.17) is 0 Å². The van der Waals surface area contributed by atoms with Crippen molar-refractivity contribution in [2.24, 2.45) is 11.3 Å². The van der Waals surface area contributed by atoms with Crippen LogP contribution in [-0.2, 0) is 6.54 Å². The topological polar surface area (TPSA) is 15.3 Å². The van der Waals surface area contributed by atoms with Crippen LogP contribution in [0.4, 0.5) is 5.69 Å². The van der Waals surface area contributed by atoms with Gasteiger partial charge in [0, 0.05) is 25.3 Å². The molecule has 19 heavy (non-hydrogen) atoms. The minimum atomic E-state index is 0.445. The zero-order chi connectivity index (χ0) is 13.9. The molecule has 0 atom stereocenters. The second-order valence-corrected chi connectivity index (χ2v) is 6.81. The van der Waals surface area contributed by atoms with Crippen molar-refractivity contribution >= 4 is 5.69 Å². The van der Waals surface area contributed by atoms with Gasteiger partial charge in [0.15, 0.2) is 0 Å². The van der Waals surface area contributed by atoms with E-state index in [1.54, 1.807) is 0 Å². The fraction of sp³-hybridized carbons (Fsp3) is 0.647. The second-order valence-electron chi connectivity index (χ2n) is 6.81. The van der Waals surface area contributed by atoms with E-state index in [1.807, 2.05) is 0 Å². The summed E-state index contributed by atoms with van der Waals surface area (Å²) in [5.41, 5.74) is 3.20. The quantitative estimate of drug-likeness (QED) is 0.813. The number of benzene rings is 1. The van der Waals surface area contributed by atoms with Crippen LogP contribution in [0.1, 0.15) is 39.7 Å². The van der Waals surface area contributed by atoms with Crippen LogP contribution in [-0.4, -0.2) is 19.6 Å². The van der Waals surface area contributed by atoms with Gasteiger partial charge in [0.1, 0.15) is 0 Å². The number of nitrogens with zero attached hydrogens (tertiary/aromatic N) is 1. The third kappa shape index (κ3) is 3.73. The fourth-order valence-electron chi connectivity index (χ4n) is 2.47. The van der Waals surface area contributed by atoms with Crippen molar-refractivity contribution in [1.29, 1.82) is 0 Å². The molecule has 1 aliphatic rings. The van der Waals surface area contributed by atoms with Crippen molar-refractivity contribution in [2.45, 2.75) is 40.7 Å². The van der Waals surface area contributed by atoms with Gasteiger partial charge in [0.25, 0.3) is 0 Å². The molecule has 0 spiro atoms. The molecule has 2 rings (SSSR count). The maximum atomic E-state index is 3.44. The molecule has 2 heteroatoms. The highest BCUT2D eigenvalue weighted by Crippen LogP contribution is 2.36. The van der Waals surface area contributed by atoms with Gasteiger partial charge in [-0.3, -0.25) is 0 Å². The van der Waals surface area contributed by atoms with E-state index in [9.17, 15) is 0 Å². The summed E-state index contributed by atoms with van der Waals surface area (Å²) < 4.78 is 0. The number of hydrogen-bond donors (Lipinski definition) is 1. The highest BCUT2D eigenvalue weighted by molar-refractivity contribution is 5.50. The molecular formula is C17H28N2. The average Bonchev–Trinajstić information content (AvgIpc) is 2.28. The standard InChI is InChI=1S/C17H28N2/c1-5-10-18-11-14-6-8-16(9-7-14)19-12-15(13-19)17(2,3)4/h6-9,15,18H,5,10-13H2,1-4H3. The second kappa shape index (κ2) is 5.96. The predicted octanol–water partition coefficient (Wildman–Crippen LogP) is 3.67. The largest absolute Gasteiger partial charge is 0.371 e. The summed E-state index contributed by atoms with van der Waals surface area (Å²) in [6.45, 7) is 13.7. The Morgan fingerprint density at radius 2 is 1.79 bits per heavy atom. The smallest absolute Gasteiger partial charge is 0.0366 e. The van der Waals surface area contributed by atoms with Crippen molar-refractivity contribution in [3.8, 4) is 0 Å². The van der Waals surface area contributed by atoms with E-state index in [2.05, 4.69) is 62.2 Å². The van der Waals surface area contributed by atoms with Crippen molar-refractivity contribution in [1.82, 2.24) is 5.32 Å². The summed E-state index contributed by atoms with van der Waals surface area (Å²) in [5.74, 6) is 0.832. The molecule has 0 aliphatic carbocycles. The van der Waals surface area contributed by atoms with Gasteiger partial charge < -0.3 is 10.2 Å². The molecule has 0 bridgehead atoms. The molecule has 1 N–H and O–H groups in total. The van der Waals surface area contributed by atoms with E-state index >= 15 is 0 Å². The first kappa shape index (κ1) is 14.4. The minimum Gasteiger partial charge on any atom is -0.371 e. The Bertz CT molecular complexity index is 383. The molecule has 0 aromatic heterocycles. The first-order chi connectivity index (χ1) is 9.00. The molecule has 1 aromatic carbocycles. The Kier molecular flexibility index (Phi) is 4.51. The Labute approximate surface area is 118 Å². The summed E-state index contributed by atoms with van der Waals surface area (Å²) in [6.07, 6.45) is 1.19. The molecule has 0 amide bonds. The summed E-state index contributed by atoms with van der Waals surface area (Å²) in [5, 5.41) is 3.44. The lowest BCUT2D eigenvalue weighted by Gasteiger charge is -2.47. The molecular weight excluding hydrogens is 232 g/mol. The Morgan fingerprint density at radius 1 is 1.16 bits per heavy atom. The Hall–Kier alpha value is -1.02. The third-order valence-electron chi connectivity index (χ3n) is 4.16. The van der Waals surface area contributed by atoms with Crippen molar-refractivity contribution in [3.05, 3.63) is 29.8 Å². The van der Waals surface area contributed by atoms with Gasteiger partial charge in [-0.1, -0.05) is 39.8 Å². The molecule has 1 saturated heterocycles. The van der Waals surface area contributed by atoms with Gasteiger partial charge in [-0.15, -0.1) is 0 Å². The van der Waals surface area contributed by atoms with Gasteiger partial charge >= 0.3 is 0 Å². The molecule has 0 saturated carbocycles. The van der Waals surface area contributed by atoms with Crippen molar-refractivity contribution in [2.75, 3.05) is 24.5 Å². The molecule has 1 heterocycles. The highest BCUT2D eigenvalue weighted by atomic mass is 15.2. The van der Waals surface area contributed by atoms with Crippen LogP contribution in [0.5, 0.6) is 0 Å². The Morgan fingerprint density at radius 3 is 2.32 bits per heavy atom. The zero-order valence-electron chi connectivity index (χ0n) is 12.9. The summed E-state index contributed by atoms with van der Waals surface area (Å²) in [4.78, 5) is 2.49. The molecule has 0 unspecified atom stereocenters. The van der Waals surface area contributed by atoms with Crippen molar-refractivity contribution < 1.29 is 0 Å². The van der Waals surface area contributed by atoms with Crippen molar-refractivity contribution in [3.63, 3.8) is 0 Å². The van der Waals surface area contributed by atoms with E-state index in [-0.39, 0.29) is 0 Å². The average molecular weight is 260 g/mol. The van der Waals surface area contributed by atoms with Gasteiger partial charge in [0.05, 0.1) is 0 Å². The van der Waals surface area contributed by atoms with Crippen LogP contribution in [0, 0.1) is 11.3 Å². The van der Waals surface area contributed by atoms with Crippen LogP contribution in [0.25, 0.3) is 0 Å². The van der Waals surface area contributed by atoms with Gasteiger partial charge in [-0.05, 0) is 42.0 Å². The molecule has 1 aromatic rings. The fourth-order valence-corrected chi connectivity index (χ4v) is 2.47. The molecule has 2 nitrogen and oxygen atoms in total. The monoisotopic (exact) mass is 260 g/mol.